The summed E-state index contributed by atoms with van der Waals surface area (Å²) < 4.78 is 39.3. The van der Waals surface area contributed by atoms with E-state index in [0.29, 0.717) is 25.2 Å². The van der Waals surface area contributed by atoms with Gasteiger partial charge in [0.15, 0.2) is 11.5 Å². The van der Waals surface area contributed by atoms with Crippen LogP contribution in [0.1, 0.15) is 17.9 Å². The van der Waals surface area contributed by atoms with Crippen LogP contribution in [0.15, 0.2) is 24.5 Å². The summed E-state index contributed by atoms with van der Waals surface area (Å²) in [5.41, 5.74) is 1.38. The predicted molar refractivity (Wildman–Crippen MR) is 94.5 cm³/mol. The standard InChI is InChI=1S/C17H18F3N7/c1-10-3-2-4-12(24-10)21-7-11-5-6-27(8-11)15-13-14(23-9-22-13)25-16(26-15)17(18,19)20/h2-4,9,11H,5-8H2,1H3,(H,21,24)(H,22,23,25,26). The van der Waals surface area contributed by atoms with Gasteiger partial charge in [-0.05, 0) is 31.4 Å². The Morgan fingerprint density at radius 2 is 2.11 bits per heavy atom. The van der Waals surface area contributed by atoms with E-state index >= 15 is 0 Å². The third-order valence-corrected chi connectivity index (χ3v) is 4.57. The molecule has 0 spiro atoms. The average Bonchev–Trinajstić information content (AvgIpc) is 3.27. The summed E-state index contributed by atoms with van der Waals surface area (Å²) in [4.78, 5) is 20.3. The van der Waals surface area contributed by atoms with Gasteiger partial charge in [0.1, 0.15) is 11.3 Å². The smallest absolute Gasteiger partial charge is 0.370 e. The minimum Gasteiger partial charge on any atom is -0.370 e. The molecule has 1 atom stereocenters. The molecule has 10 heteroatoms. The minimum absolute atomic E-state index is 0.0258. The highest BCUT2D eigenvalue weighted by atomic mass is 19.4. The van der Waals surface area contributed by atoms with Crippen LogP contribution in [-0.4, -0.2) is 44.6 Å². The van der Waals surface area contributed by atoms with E-state index in [4.69, 9.17) is 0 Å². The zero-order valence-corrected chi connectivity index (χ0v) is 14.6. The Hall–Kier alpha value is -2.91. The molecular formula is C17H18F3N7. The Kier molecular flexibility index (Phi) is 4.33. The van der Waals surface area contributed by atoms with Crippen LogP contribution < -0.4 is 10.2 Å². The van der Waals surface area contributed by atoms with Crippen LogP contribution in [-0.2, 0) is 6.18 Å². The molecule has 1 fully saturated rings. The van der Waals surface area contributed by atoms with E-state index in [1.54, 1.807) is 0 Å². The van der Waals surface area contributed by atoms with Crippen molar-refractivity contribution in [3.05, 3.63) is 36.0 Å². The Labute approximate surface area is 153 Å². The Balaban J connectivity index is 1.51. The van der Waals surface area contributed by atoms with Crippen LogP contribution in [0.3, 0.4) is 0 Å². The van der Waals surface area contributed by atoms with Gasteiger partial charge >= 0.3 is 6.18 Å². The fraction of sp³-hybridized carbons (Fsp3) is 0.412. The van der Waals surface area contributed by atoms with Gasteiger partial charge in [-0.3, -0.25) is 0 Å². The lowest BCUT2D eigenvalue weighted by atomic mass is 10.1. The lowest BCUT2D eigenvalue weighted by molar-refractivity contribution is -0.144. The highest BCUT2D eigenvalue weighted by molar-refractivity contribution is 5.83. The molecule has 0 aliphatic carbocycles. The van der Waals surface area contributed by atoms with Crippen LogP contribution in [0.2, 0.25) is 0 Å². The van der Waals surface area contributed by atoms with Crippen molar-refractivity contribution in [1.29, 1.82) is 0 Å². The predicted octanol–water partition coefficient (Wildman–Crippen LogP) is 3.01. The first kappa shape index (κ1) is 17.5. The number of pyridine rings is 1. The number of H-pyrrole nitrogens is 1. The summed E-state index contributed by atoms with van der Waals surface area (Å²) in [6, 6.07) is 5.75. The van der Waals surface area contributed by atoms with Crippen molar-refractivity contribution in [1.82, 2.24) is 24.9 Å². The third-order valence-electron chi connectivity index (χ3n) is 4.57. The van der Waals surface area contributed by atoms with Gasteiger partial charge in [-0.2, -0.15) is 13.2 Å². The van der Waals surface area contributed by atoms with E-state index in [9.17, 15) is 13.2 Å². The monoisotopic (exact) mass is 377 g/mol. The molecule has 2 N–H and O–H groups in total. The van der Waals surface area contributed by atoms with Gasteiger partial charge in [-0.15, -0.1) is 0 Å². The number of imidazole rings is 1. The molecule has 3 aromatic heterocycles. The number of fused-ring (bicyclic) bond motifs is 1. The second kappa shape index (κ2) is 6.67. The summed E-state index contributed by atoms with van der Waals surface area (Å²) in [5, 5.41) is 3.30. The van der Waals surface area contributed by atoms with E-state index in [0.717, 1.165) is 17.9 Å². The first-order valence-corrected chi connectivity index (χ1v) is 8.61. The van der Waals surface area contributed by atoms with E-state index in [2.05, 4.69) is 30.2 Å². The van der Waals surface area contributed by atoms with Crippen molar-refractivity contribution in [2.24, 2.45) is 5.92 Å². The van der Waals surface area contributed by atoms with E-state index < -0.39 is 12.0 Å². The maximum atomic E-state index is 13.1. The Bertz CT molecular complexity index is 953. The molecule has 7 nitrogen and oxygen atoms in total. The van der Waals surface area contributed by atoms with Crippen LogP contribution in [0.25, 0.3) is 11.2 Å². The van der Waals surface area contributed by atoms with Crippen molar-refractivity contribution in [2.75, 3.05) is 29.9 Å². The topological polar surface area (TPSA) is 82.6 Å². The Morgan fingerprint density at radius 3 is 2.89 bits per heavy atom. The first-order valence-electron chi connectivity index (χ1n) is 8.61. The number of hydrogen-bond acceptors (Lipinski definition) is 6. The third kappa shape index (κ3) is 3.64. The number of aryl methyl sites for hydroxylation is 1. The number of hydrogen-bond donors (Lipinski definition) is 2. The lowest BCUT2D eigenvalue weighted by Crippen LogP contribution is -2.25. The molecular weight excluding hydrogens is 359 g/mol. The maximum absolute atomic E-state index is 13.1. The number of aromatic amines is 1. The summed E-state index contributed by atoms with van der Waals surface area (Å²) >= 11 is 0. The number of anilines is 2. The first-order chi connectivity index (χ1) is 12.9. The average molecular weight is 377 g/mol. The second-order valence-corrected chi connectivity index (χ2v) is 6.62. The number of nitrogens with one attached hydrogen (secondary N) is 2. The normalized spacial score (nSPS) is 17.6. The highest BCUT2D eigenvalue weighted by Crippen LogP contribution is 2.32. The number of halogens is 3. The molecule has 0 amide bonds. The summed E-state index contributed by atoms with van der Waals surface area (Å²) in [7, 11) is 0. The molecule has 0 saturated carbocycles. The fourth-order valence-corrected chi connectivity index (χ4v) is 3.26. The highest BCUT2D eigenvalue weighted by Gasteiger charge is 2.37. The van der Waals surface area contributed by atoms with E-state index in [-0.39, 0.29) is 17.4 Å². The van der Waals surface area contributed by atoms with Crippen molar-refractivity contribution in [3.63, 3.8) is 0 Å². The molecule has 142 valence electrons. The molecule has 4 heterocycles. The zero-order chi connectivity index (χ0) is 19.0. The van der Waals surface area contributed by atoms with Gasteiger partial charge in [-0.25, -0.2) is 19.9 Å². The van der Waals surface area contributed by atoms with Crippen molar-refractivity contribution < 1.29 is 13.2 Å². The van der Waals surface area contributed by atoms with Gasteiger partial charge in [0.05, 0.1) is 6.33 Å². The van der Waals surface area contributed by atoms with Crippen LogP contribution in [0.5, 0.6) is 0 Å². The summed E-state index contributed by atoms with van der Waals surface area (Å²) in [5.74, 6) is 0.157. The van der Waals surface area contributed by atoms with E-state index in [1.165, 1.54) is 6.33 Å². The largest absolute Gasteiger partial charge is 0.451 e. The molecule has 1 saturated heterocycles. The van der Waals surface area contributed by atoms with Crippen molar-refractivity contribution in [3.8, 4) is 0 Å². The number of rotatable bonds is 4. The number of nitrogens with zero attached hydrogens (tertiary/aromatic N) is 5. The number of alkyl halides is 3. The molecule has 0 aromatic carbocycles. The van der Waals surface area contributed by atoms with Gasteiger partial charge in [0.25, 0.3) is 0 Å². The minimum atomic E-state index is -4.61. The SMILES string of the molecule is Cc1cccc(NCC2CCN(c3nc(C(F)(F)F)nc4nc[nH]c34)C2)n1. The van der Waals surface area contributed by atoms with Crippen LogP contribution >= 0.6 is 0 Å². The van der Waals surface area contributed by atoms with Gasteiger partial charge in [0, 0.05) is 25.3 Å². The quantitative estimate of drug-likeness (QED) is 0.727. The van der Waals surface area contributed by atoms with Gasteiger partial charge < -0.3 is 15.2 Å². The summed E-state index contributed by atoms with van der Waals surface area (Å²) in [6.45, 7) is 3.83. The molecule has 1 unspecified atom stereocenters. The fourth-order valence-electron chi connectivity index (χ4n) is 3.26. The summed E-state index contributed by atoms with van der Waals surface area (Å²) in [6.07, 6.45) is -2.43. The van der Waals surface area contributed by atoms with Crippen molar-refractivity contribution in [2.45, 2.75) is 19.5 Å². The Morgan fingerprint density at radius 1 is 1.26 bits per heavy atom. The van der Waals surface area contributed by atoms with E-state index in [1.807, 2.05) is 30.0 Å². The molecule has 27 heavy (non-hydrogen) atoms. The van der Waals surface area contributed by atoms with Crippen molar-refractivity contribution >= 4 is 22.8 Å². The number of aromatic nitrogens is 5. The second-order valence-electron chi connectivity index (χ2n) is 6.62. The molecule has 3 aromatic rings. The zero-order valence-electron chi connectivity index (χ0n) is 14.6. The molecule has 0 radical (unpaired) electrons. The molecule has 1 aliphatic heterocycles. The van der Waals surface area contributed by atoms with Crippen LogP contribution in [0, 0.1) is 12.8 Å². The lowest BCUT2D eigenvalue weighted by Gasteiger charge is -2.19. The maximum Gasteiger partial charge on any atom is 0.451 e. The molecule has 4 rings (SSSR count). The van der Waals surface area contributed by atoms with Crippen LogP contribution in [0.4, 0.5) is 24.8 Å². The van der Waals surface area contributed by atoms with Gasteiger partial charge in [0.2, 0.25) is 5.82 Å². The molecule has 1 aliphatic rings. The van der Waals surface area contributed by atoms with Gasteiger partial charge in [-0.1, -0.05) is 6.07 Å². The molecule has 0 bridgehead atoms.